The molecule has 73 valence electrons. The Morgan fingerprint density at radius 1 is 1.36 bits per heavy atom. The first-order valence-electron chi connectivity index (χ1n) is 3.63. The zero-order chi connectivity index (χ0) is 10.6. The minimum Gasteiger partial charge on any atom is -0.399 e. The van der Waals surface area contributed by atoms with Crippen LogP contribution in [0.15, 0.2) is 23.4 Å². The van der Waals surface area contributed by atoms with Gasteiger partial charge in [-0.05, 0) is 18.2 Å². The lowest BCUT2D eigenvalue weighted by atomic mass is 10.1. The summed E-state index contributed by atoms with van der Waals surface area (Å²) in [4.78, 5) is 15.0. The van der Waals surface area contributed by atoms with Gasteiger partial charge in [-0.15, -0.1) is 0 Å². The van der Waals surface area contributed by atoms with Crippen molar-refractivity contribution in [3.8, 4) is 0 Å². The van der Waals surface area contributed by atoms with E-state index in [9.17, 15) is 4.79 Å². The molecule has 5 heteroatoms. The van der Waals surface area contributed by atoms with E-state index in [1.54, 1.807) is 24.5 Å². The van der Waals surface area contributed by atoms with E-state index < -0.39 is 0 Å². The number of hydrogen-bond acceptors (Lipinski definition) is 3. The number of rotatable bonds is 3. The molecule has 1 radical (unpaired) electrons. The fraction of sp³-hybridized carbons (Fsp3) is 0.111. The second-order valence-corrected chi connectivity index (χ2v) is 3.26. The third-order valence-electron chi connectivity index (χ3n) is 1.42. The third kappa shape index (κ3) is 2.72. The van der Waals surface area contributed by atoms with Crippen molar-refractivity contribution in [2.24, 2.45) is 5.16 Å². The van der Waals surface area contributed by atoms with Crippen LogP contribution in [0.5, 0.6) is 0 Å². The highest BCUT2D eigenvalue weighted by atomic mass is 35.5. The highest BCUT2D eigenvalue weighted by molar-refractivity contribution is 6.39. The number of nitrogens with zero attached hydrogens (tertiary/aromatic N) is 1. The van der Waals surface area contributed by atoms with Crippen molar-refractivity contribution in [3.63, 3.8) is 0 Å². The zero-order valence-corrected chi connectivity index (χ0v) is 8.76. The van der Waals surface area contributed by atoms with Gasteiger partial charge in [0.25, 0.3) is 6.29 Å². The van der Waals surface area contributed by atoms with E-state index in [2.05, 4.69) is 9.99 Å². The van der Waals surface area contributed by atoms with Crippen molar-refractivity contribution >= 4 is 35.2 Å². The fourth-order valence-electron chi connectivity index (χ4n) is 0.912. The third-order valence-corrected chi connectivity index (χ3v) is 1.85. The van der Waals surface area contributed by atoms with Gasteiger partial charge in [-0.1, -0.05) is 28.4 Å². The molecule has 0 aliphatic rings. The normalized spacial score (nSPS) is 11.2. The molecule has 0 N–H and O–H groups in total. The summed E-state index contributed by atoms with van der Waals surface area (Å²) in [6.07, 6.45) is 1.63. The monoisotopic (exact) mass is 230 g/mol. The van der Waals surface area contributed by atoms with Gasteiger partial charge in [-0.25, -0.2) is 0 Å². The van der Waals surface area contributed by atoms with Crippen molar-refractivity contribution in [2.45, 2.75) is 0 Å². The number of benzene rings is 1. The first kappa shape index (κ1) is 11.0. The lowest BCUT2D eigenvalue weighted by Gasteiger charge is -1.99. The Morgan fingerprint density at radius 2 is 1.93 bits per heavy atom. The lowest BCUT2D eigenvalue weighted by Crippen LogP contribution is -2.02. The largest absolute Gasteiger partial charge is 0.399 e. The molecule has 0 spiro atoms. The van der Waals surface area contributed by atoms with Gasteiger partial charge in [0.1, 0.15) is 7.11 Å². The molecule has 1 rings (SSSR count). The van der Waals surface area contributed by atoms with Crippen LogP contribution in [0.3, 0.4) is 0 Å². The molecule has 0 amide bonds. The summed E-state index contributed by atoms with van der Waals surface area (Å²) >= 11 is 11.5. The van der Waals surface area contributed by atoms with Gasteiger partial charge in [0.05, 0.1) is 0 Å². The highest BCUT2D eigenvalue weighted by Gasteiger charge is 2.06. The molecule has 1 aromatic carbocycles. The SMILES string of the molecule is CO/N=C(/[C]=O)c1cc(Cl)cc(Cl)c1. The molecule has 0 aliphatic heterocycles. The molecule has 0 aliphatic carbocycles. The quantitative estimate of drug-likeness (QED) is 0.591. The highest BCUT2D eigenvalue weighted by Crippen LogP contribution is 2.19. The summed E-state index contributed by atoms with van der Waals surface area (Å²) in [5.41, 5.74) is 0.497. The van der Waals surface area contributed by atoms with Crippen molar-refractivity contribution in [1.82, 2.24) is 0 Å². The molecular weight excluding hydrogens is 225 g/mol. The molecule has 0 bridgehead atoms. The van der Waals surface area contributed by atoms with Crippen molar-refractivity contribution in [2.75, 3.05) is 7.11 Å². The minimum atomic E-state index is 0.0249. The number of oxime groups is 1. The Morgan fingerprint density at radius 3 is 2.36 bits per heavy atom. The van der Waals surface area contributed by atoms with Crippen LogP contribution in [0, 0.1) is 0 Å². The maximum Gasteiger partial charge on any atom is 0.257 e. The standard InChI is InChI=1S/C9H6Cl2NO2/c1-14-12-9(5-13)6-2-7(10)4-8(11)3-6/h2-4H,1H3/b12-9-. The van der Waals surface area contributed by atoms with Gasteiger partial charge < -0.3 is 4.84 Å². The molecular formula is C9H6Cl2NO2. The molecule has 0 unspecified atom stereocenters. The first-order chi connectivity index (χ1) is 6.67. The van der Waals surface area contributed by atoms with Crippen LogP contribution in [0.4, 0.5) is 0 Å². The number of halogens is 2. The summed E-state index contributed by atoms with van der Waals surface area (Å²) in [5, 5.41) is 4.32. The fourth-order valence-corrected chi connectivity index (χ4v) is 1.44. The average Bonchev–Trinajstić information content (AvgIpc) is 2.12. The molecule has 14 heavy (non-hydrogen) atoms. The summed E-state index contributed by atoms with van der Waals surface area (Å²) < 4.78 is 0. The van der Waals surface area contributed by atoms with E-state index in [-0.39, 0.29) is 5.71 Å². The van der Waals surface area contributed by atoms with Crippen LogP contribution >= 0.6 is 23.2 Å². The number of hydrogen-bond donors (Lipinski definition) is 0. The van der Waals surface area contributed by atoms with Crippen LogP contribution < -0.4 is 0 Å². The van der Waals surface area contributed by atoms with Gasteiger partial charge in [0, 0.05) is 15.6 Å². The Balaban J connectivity index is 3.16. The van der Waals surface area contributed by atoms with E-state index in [0.717, 1.165) is 0 Å². The maximum atomic E-state index is 10.5. The second kappa shape index (κ2) is 4.98. The van der Waals surface area contributed by atoms with E-state index in [1.807, 2.05) is 0 Å². The van der Waals surface area contributed by atoms with E-state index >= 15 is 0 Å². The molecule has 0 atom stereocenters. The summed E-state index contributed by atoms with van der Waals surface area (Å²) in [6, 6.07) is 4.66. The van der Waals surface area contributed by atoms with E-state index in [0.29, 0.717) is 15.6 Å². The van der Waals surface area contributed by atoms with Gasteiger partial charge in [-0.3, -0.25) is 4.79 Å². The van der Waals surface area contributed by atoms with Crippen molar-refractivity contribution in [1.29, 1.82) is 0 Å². The maximum absolute atomic E-state index is 10.5. The second-order valence-electron chi connectivity index (χ2n) is 2.38. The Bertz CT molecular complexity index is 357. The molecule has 0 heterocycles. The van der Waals surface area contributed by atoms with Crippen LogP contribution in [0.2, 0.25) is 10.0 Å². The lowest BCUT2D eigenvalue weighted by molar-refractivity contribution is 0.214. The minimum absolute atomic E-state index is 0.0249. The smallest absolute Gasteiger partial charge is 0.257 e. The predicted octanol–water partition coefficient (Wildman–Crippen LogP) is 2.45. The summed E-state index contributed by atoms with van der Waals surface area (Å²) in [5.74, 6) is 0. The van der Waals surface area contributed by atoms with Crippen LogP contribution in [-0.4, -0.2) is 19.1 Å². The van der Waals surface area contributed by atoms with Crippen LogP contribution in [0.1, 0.15) is 5.56 Å². The zero-order valence-electron chi connectivity index (χ0n) is 7.25. The van der Waals surface area contributed by atoms with Gasteiger partial charge in [0.2, 0.25) is 0 Å². The molecule has 0 saturated heterocycles. The van der Waals surface area contributed by atoms with Crippen molar-refractivity contribution in [3.05, 3.63) is 33.8 Å². The predicted molar refractivity (Wildman–Crippen MR) is 55.7 cm³/mol. The van der Waals surface area contributed by atoms with Gasteiger partial charge in [0.15, 0.2) is 5.71 Å². The van der Waals surface area contributed by atoms with Crippen molar-refractivity contribution < 1.29 is 9.63 Å². The topological polar surface area (TPSA) is 38.7 Å². The van der Waals surface area contributed by atoms with Crippen LogP contribution in [-0.2, 0) is 9.63 Å². The van der Waals surface area contributed by atoms with Crippen LogP contribution in [0.25, 0.3) is 0 Å². The van der Waals surface area contributed by atoms with E-state index in [4.69, 9.17) is 23.2 Å². The number of carbonyl (C=O) groups excluding carboxylic acids is 1. The summed E-state index contributed by atoms with van der Waals surface area (Å²) in [7, 11) is 1.34. The Kier molecular flexibility index (Phi) is 3.92. The molecule has 3 nitrogen and oxygen atoms in total. The first-order valence-corrected chi connectivity index (χ1v) is 4.38. The average molecular weight is 231 g/mol. The van der Waals surface area contributed by atoms with Gasteiger partial charge in [-0.2, -0.15) is 0 Å². The molecule has 0 aromatic heterocycles. The summed E-state index contributed by atoms with van der Waals surface area (Å²) in [6.45, 7) is 0. The molecule has 1 aromatic rings. The molecule has 0 saturated carbocycles. The molecule has 0 fully saturated rings. The Hall–Kier alpha value is -1.06. The van der Waals surface area contributed by atoms with E-state index in [1.165, 1.54) is 7.11 Å². The Labute approximate surface area is 91.3 Å². The van der Waals surface area contributed by atoms with Gasteiger partial charge >= 0.3 is 0 Å².